The first-order chi connectivity index (χ1) is 11.8. The van der Waals surface area contributed by atoms with Crippen LogP contribution in [0.2, 0.25) is 0 Å². The molecule has 116 valence electrons. The van der Waals surface area contributed by atoms with E-state index in [1.165, 1.54) is 5.56 Å². The highest BCUT2D eigenvalue weighted by Gasteiger charge is 2.17. The predicted octanol–water partition coefficient (Wildman–Crippen LogP) is 4.49. The summed E-state index contributed by atoms with van der Waals surface area (Å²) in [7, 11) is 2.02. The van der Waals surface area contributed by atoms with Gasteiger partial charge in [0.2, 0.25) is 0 Å². The quantitative estimate of drug-likeness (QED) is 0.636. The fourth-order valence-corrected chi connectivity index (χ4v) is 2.81. The second kappa shape index (κ2) is 6.17. The van der Waals surface area contributed by atoms with E-state index in [9.17, 15) is 0 Å². The van der Waals surface area contributed by atoms with Gasteiger partial charge in [-0.1, -0.05) is 48.5 Å². The van der Waals surface area contributed by atoms with E-state index < -0.39 is 0 Å². The van der Waals surface area contributed by atoms with Gasteiger partial charge >= 0.3 is 0 Å². The number of aryl methyl sites for hydroxylation is 1. The summed E-state index contributed by atoms with van der Waals surface area (Å²) in [6, 6.07) is 22.6. The summed E-state index contributed by atoms with van der Waals surface area (Å²) in [6.45, 7) is 0. The van der Waals surface area contributed by atoms with E-state index in [-0.39, 0.29) is 0 Å². The number of aromatic nitrogens is 1. The molecule has 0 bridgehead atoms. The summed E-state index contributed by atoms with van der Waals surface area (Å²) in [5, 5.41) is 0. The molecule has 0 atom stereocenters. The number of rotatable bonds is 2. The van der Waals surface area contributed by atoms with Gasteiger partial charge in [0.15, 0.2) is 12.4 Å². The average Bonchev–Trinajstić information content (AvgIpc) is 2.64. The number of nitrogens with zero attached hydrogens (tertiary/aromatic N) is 1. The number of hydrogen-bond acceptors (Lipinski definition) is 1. The zero-order valence-electron chi connectivity index (χ0n) is 13.5. The maximum Gasteiger partial charge on any atom is 0.169 e. The number of pyridine rings is 1. The van der Waals surface area contributed by atoms with E-state index in [1.54, 1.807) is 0 Å². The highest BCUT2D eigenvalue weighted by molar-refractivity contribution is 5.95. The Morgan fingerprint density at radius 2 is 1.54 bits per heavy atom. The van der Waals surface area contributed by atoms with Crippen LogP contribution in [-0.4, -0.2) is 0 Å². The van der Waals surface area contributed by atoms with Crippen LogP contribution in [0.1, 0.15) is 16.7 Å². The molecular weight excluding hydrogens is 294 g/mol. The fraction of sp³-hybridized carbons (Fsp3) is 0.0455. The van der Waals surface area contributed by atoms with E-state index in [4.69, 9.17) is 4.74 Å². The van der Waals surface area contributed by atoms with Crippen molar-refractivity contribution in [1.82, 2.24) is 0 Å². The molecule has 4 rings (SSSR count). The Hall–Kier alpha value is -3.13. The second-order valence-electron chi connectivity index (χ2n) is 5.87. The molecule has 0 saturated heterocycles. The maximum absolute atomic E-state index is 6.12. The smallest absolute Gasteiger partial charge is 0.169 e. The summed E-state index contributed by atoms with van der Waals surface area (Å²) in [6.07, 6.45) is 8.42. The molecule has 2 heteroatoms. The van der Waals surface area contributed by atoms with Gasteiger partial charge in [0.05, 0.1) is 0 Å². The van der Waals surface area contributed by atoms with Gasteiger partial charge in [0, 0.05) is 23.3 Å². The van der Waals surface area contributed by atoms with Crippen LogP contribution in [0.15, 0.2) is 85.2 Å². The Bertz CT molecular complexity index is 922. The topological polar surface area (TPSA) is 13.1 Å². The van der Waals surface area contributed by atoms with Crippen molar-refractivity contribution in [2.45, 2.75) is 0 Å². The lowest BCUT2D eigenvalue weighted by molar-refractivity contribution is -0.671. The number of allylic oxidation sites excluding steroid dienone is 2. The van der Waals surface area contributed by atoms with Gasteiger partial charge in [0.25, 0.3) is 0 Å². The van der Waals surface area contributed by atoms with Crippen LogP contribution in [0.5, 0.6) is 5.75 Å². The third-order valence-corrected chi connectivity index (χ3v) is 4.09. The molecule has 0 aliphatic carbocycles. The summed E-state index contributed by atoms with van der Waals surface area (Å²) < 4.78 is 8.15. The molecule has 0 amide bonds. The van der Waals surface area contributed by atoms with Crippen LogP contribution in [0.3, 0.4) is 0 Å². The molecule has 1 aliphatic heterocycles. The van der Waals surface area contributed by atoms with E-state index in [2.05, 4.69) is 54.9 Å². The van der Waals surface area contributed by atoms with Crippen molar-refractivity contribution in [3.63, 3.8) is 0 Å². The third kappa shape index (κ3) is 2.86. The second-order valence-corrected chi connectivity index (χ2v) is 5.87. The number of fused-ring (bicyclic) bond motifs is 1. The SMILES string of the molecule is C[n+]1ccc(C=C2C=C(c3ccccc3)Oc3ccccc32)cc1. The Morgan fingerprint density at radius 1 is 0.833 bits per heavy atom. The van der Waals surface area contributed by atoms with E-state index in [1.807, 2.05) is 48.0 Å². The highest BCUT2D eigenvalue weighted by atomic mass is 16.5. The lowest BCUT2D eigenvalue weighted by atomic mass is 9.98. The average molecular weight is 312 g/mol. The highest BCUT2D eigenvalue weighted by Crippen LogP contribution is 2.37. The molecule has 0 saturated carbocycles. The lowest BCUT2D eigenvalue weighted by Gasteiger charge is -2.20. The van der Waals surface area contributed by atoms with Gasteiger partial charge in [0.1, 0.15) is 18.6 Å². The van der Waals surface area contributed by atoms with Crippen LogP contribution >= 0.6 is 0 Å². The van der Waals surface area contributed by atoms with Crippen LogP contribution in [0.4, 0.5) is 0 Å². The van der Waals surface area contributed by atoms with Crippen LogP contribution in [-0.2, 0) is 7.05 Å². The first-order valence-corrected chi connectivity index (χ1v) is 8.01. The maximum atomic E-state index is 6.12. The molecule has 0 unspecified atom stereocenters. The normalized spacial score (nSPS) is 14.7. The summed E-state index contributed by atoms with van der Waals surface area (Å²) in [5.74, 6) is 1.77. The predicted molar refractivity (Wildman–Crippen MR) is 97.0 cm³/mol. The summed E-state index contributed by atoms with van der Waals surface area (Å²) in [5.41, 5.74) is 4.52. The first-order valence-electron chi connectivity index (χ1n) is 8.01. The first kappa shape index (κ1) is 14.5. The Kier molecular flexibility index (Phi) is 3.72. The zero-order valence-corrected chi connectivity index (χ0v) is 13.5. The van der Waals surface area contributed by atoms with E-state index in [0.29, 0.717) is 0 Å². The van der Waals surface area contributed by atoms with Crippen LogP contribution < -0.4 is 9.30 Å². The van der Waals surface area contributed by atoms with E-state index >= 15 is 0 Å². The molecule has 1 aromatic heterocycles. The number of para-hydroxylation sites is 1. The lowest BCUT2D eigenvalue weighted by Crippen LogP contribution is -2.25. The number of ether oxygens (including phenoxy) is 1. The van der Waals surface area contributed by atoms with Crippen molar-refractivity contribution in [1.29, 1.82) is 0 Å². The Labute approximate surface area is 142 Å². The minimum absolute atomic E-state index is 0.877. The Morgan fingerprint density at radius 3 is 2.33 bits per heavy atom. The molecule has 24 heavy (non-hydrogen) atoms. The van der Waals surface area contributed by atoms with Gasteiger partial charge in [-0.05, 0) is 29.4 Å². The van der Waals surface area contributed by atoms with Crippen LogP contribution in [0, 0.1) is 0 Å². The molecule has 3 aromatic rings. The van der Waals surface area contributed by atoms with Crippen molar-refractivity contribution in [3.05, 3.63) is 102 Å². The molecule has 1 aliphatic rings. The van der Waals surface area contributed by atoms with Gasteiger partial charge in [-0.2, -0.15) is 0 Å². The van der Waals surface area contributed by atoms with Gasteiger partial charge in [-0.25, -0.2) is 4.57 Å². The number of benzene rings is 2. The third-order valence-electron chi connectivity index (χ3n) is 4.09. The van der Waals surface area contributed by atoms with E-state index in [0.717, 1.165) is 28.2 Å². The van der Waals surface area contributed by atoms with Crippen molar-refractivity contribution in [3.8, 4) is 5.75 Å². The summed E-state index contributed by atoms with van der Waals surface area (Å²) in [4.78, 5) is 0. The van der Waals surface area contributed by atoms with Crippen molar-refractivity contribution >= 4 is 17.4 Å². The molecule has 0 radical (unpaired) electrons. The van der Waals surface area contributed by atoms with Gasteiger partial charge in [-0.3, -0.25) is 0 Å². The summed E-state index contributed by atoms with van der Waals surface area (Å²) >= 11 is 0. The molecule has 2 heterocycles. The molecule has 2 nitrogen and oxygen atoms in total. The minimum Gasteiger partial charge on any atom is -0.456 e. The standard InChI is InChI=1S/C22H18NO/c1-23-13-11-17(12-14-23)15-19-16-22(18-7-3-2-4-8-18)24-21-10-6-5-9-20(19)21/h2-16H,1H3/q+1. The van der Waals surface area contributed by atoms with Crippen molar-refractivity contribution in [2.75, 3.05) is 0 Å². The zero-order chi connectivity index (χ0) is 16.4. The molecule has 0 fully saturated rings. The van der Waals surface area contributed by atoms with Crippen molar-refractivity contribution in [2.24, 2.45) is 7.05 Å². The Balaban J connectivity index is 1.83. The van der Waals surface area contributed by atoms with Gasteiger partial charge in [-0.15, -0.1) is 0 Å². The fourth-order valence-electron chi connectivity index (χ4n) is 2.81. The largest absolute Gasteiger partial charge is 0.456 e. The monoisotopic (exact) mass is 312 g/mol. The van der Waals surface area contributed by atoms with Gasteiger partial charge < -0.3 is 4.74 Å². The molecular formula is C22H18NO+. The minimum atomic E-state index is 0.877. The number of hydrogen-bond donors (Lipinski definition) is 0. The molecule has 2 aromatic carbocycles. The van der Waals surface area contributed by atoms with Crippen molar-refractivity contribution < 1.29 is 9.30 Å². The molecule has 0 spiro atoms. The van der Waals surface area contributed by atoms with Crippen LogP contribution in [0.25, 0.3) is 17.4 Å². The molecule has 0 N–H and O–H groups in total.